The summed E-state index contributed by atoms with van der Waals surface area (Å²) in [5.41, 5.74) is 0. The Morgan fingerprint density at radius 3 is 2.80 bits per heavy atom. The Morgan fingerprint density at radius 2 is 2.20 bits per heavy atom. The van der Waals surface area contributed by atoms with Crippen LogP contribution in [0.4, 0.5) is 0 Å². The van der Waals surface area contributed by atoms with Crippen molar-refractivity contribution in [2.24, 2.45) is 11.1 Å². The molecule has 0 radical (unpaired) electrons. The van der Waals surface area contributed by atoms with Gasteiger partial charge in [-0.1, -0.05) is 0 Å². The van der Waals surface area contributed by atoms with Crippen molar-refractivity contribution in [3.63, 3.8) is 0 Å². The fourth-order valence-electron chi connectivity index (χ4n) is 1.13. The van der Waals surface area contributed by atoms with E-state index >= 15 is 0 Å². The van der Waals surface area contributed by atoms with Gasteiger partial charge in [-0.3, -0.25) is 4.98 Å². The third-order valence-corrected chi connectivity index (χ3v) is 3.08. The van der Waals surface area contributed by atoms with Crippen molar-refractivity contribution in [1.29, 1.82) is 0 Å². The van der Waals surface area contributed by atoms with Crippen LogP contribution in [-0.2, 0) is 10.0 Å². The van der Waals surface area contributed by atoms with Crippen molar-refractivity contribution < 1.29 is 13.2 Å². The number of nitrogens with two attached hydrogens (primary N) is 1. The minimum atomic E-state index is -3.69. The molecule has 0 aromatic carbocycles. The molecule has 0 spiro atoms. The van der Waals surface area contributed by atoms with Gasteiger partial charge in [0, 0.05) is 12.3 Å². The van der Waals surface area contributed by atoms with Crippen LogP contribution in [-0.4, -0.2) is 20.0 Å². The Bertz CT molecular complexity index is 454. The molecule has 2 rings (SSSR count). The van der Waals surface area contributed by atoms with E-state index in [-0.39, 0.29) is 4.90 Å². The van der Waals surface area contributed by atoms with Gasteiger partial charge in [0.2, 0.25) is 10.0 Å². The number of sulfonamides is 1. The van der Waals surface area contributed by atoms with E-state index in [1.807, 2.05) is 0 Å². The summed E-state index contributed by atoms with van der Waals surface area (Å²) < 4.78 is 27.4. The van der Waals surface area contributed by atoms with E-state index in [4.69, 9.17) is 9.88 Å². The van der Waals surface area contributed by atoms with E-state index in [1.165, 1.54) is 31.3 Å². The molecule has 82 valence electrons. The zero-order valence-electron chi connectivity index (χ0n) is 8.09. The molecule has 0 atom stereocenters. The minimum absolute atomic E-state index is 0.0178. The van der Waals surface area contributed by atoms with E-state index in [9.17, 15) is 8.42 Å². The van der Waals surface area contributed by atoms with Crippen LogP contribution in [0.2, 0.25) is 0 Å². The van der Waals surface area contributed by atoms with Crippen molar-refractivity contribution >= 4 is 10.0 Å². The average molecular weight is 228 g/mol. The first-order chi connectivity index (χ1) is 7.05. The second kappa shape index (κ2) is 3.79. The summed E-state index contributed by atoms with van der Waals surface area (Å²) in [6.07, 6.45) is 5.06. The molecule has 0 unspecified atom stereocenters. The van der Waals surface area contributed by atoms with Crippen LogP contribution in [0, 0.1) is 5.92 Å². The van der Waals surface area contributed by atoms with Crippen LogP contribution < -0.4 is 9.88 Å². The van der Waals surface area contributed by atoms with E-state index in [2.05, 4.69) is 4.98 Å². The van der Waals surface area contributed by atoms with Crippen LogP contribution in [0.1, 0.15) is 12.8 Å². The minimum Gasteiger partial charge on any atom is -0.492 e. The second-order valence-electron chi connectivity index (χ2n) is 3.66. The molecule has 1 aromatic rings. The maximum atomic E-state index is 11.0. The molecular formula is C9H12N2O3S. The normalized spacial score (nSPS) is 16.3. The first-order valence-electron chi connectivity index (χ1n) is 4.66. The summed E-state index contributed by atoms with van der Waals surface area (Å²) in [5, 5.41) is 4.97. The Labute approximate surface area is 88.3 Å². The Balaban J connectivity index is 2.11. The van der Waals surface area contributed by atoms with Gasteiger partial charge >= 0.3 is 0 Å². The highest BCUT2D eigenvalue weighted by Crippen LogP contribution is 2.29. The van der Waals surface area contributed by atoms with Gasteiger partial charge in [-0.15, -0.1) is 0 Å². The average Bonchev–Trinajstić information content (AvgIpc) is 2.97. The third kappa shape index (κ3) is 2.90. The number of primary sulfonamides is 1. The van der Waals surface area contributed by atoms with Crippen molar-refractivity contribution in [1.82, 2.24) is 4.98 Å². The Hall–Kier alpha value is -1.14. The van der Waals surface area contributed by atoms with Gasteiger partial charge in [0.1, 0.15) is 10.6 Å². The molecule has 1 saturated carbocycles. The molecule has 15 heavy (non-hydrogen) atoms. The lowest BCUT2D eigenvalue weighted by Crippen LogP contribution is -2.12. The summed E-state index contributed by atoms with van der Waals surface area (Å²) in [5.74, 6) is 1.07. The molecule has 0 aliphatic heterocycles. The monoisotopic (exact) mass is 228 g/mol. The van der Waals surface area contributed by atoms with Crippen LogP contribution >= 0.6 is 0 Å². The fraction of sp³-hybridized carbons (Fsp3) is 0.444. The van der Waals surface area contributed by atoms with Crippen LogP contribution in [0.15, 0.2) is 23.4 Å². The van der Waals surface area contributed by atoms with Crippen LogP contribution in [0.3, 0.4) is 0 Å². The first kappa shape index (κ1) is 10.4. The Morgan fingerprint density at radius 1 is 1.47 bits per heavy atom. The number of hydrogen-bond acceptors (Lipinski definition) is 4. The zero-order chi connectivity index (χ0) is 10.9. The second-order valence-corrected chi connectivity index (χ2v) is 5.22. The molecule has 1 aromatic heterocycles. The van der Waals surface area contributed by atoms with Gasteiger partial charge in [-0.2, -0.15) is 0 Å². The van der Waals surface area contributed by atoms with E-state index in [0.29, 0.717) is 18.3 Å². The summed E-state index contributed by atoms with van der Waals surface area (Å²) in [6, 6.07) is 1.39. The number of hydrogen-bond donors (Lipinski definition) is 1. The van der Waals surface area contributed by atoms with Gasteiger partial charge in [-0.25, -0.2) is 13.6 Å². The SMILES string of the molecule is NS(=O)(=O)c1cncc(OCC2CC2)c1. The molecule has 0 amide bonds. The van der Waals surface area contributed by atoms with Crippen molar-refractivity contribution in [2.75, 3.05) is 6.61 Å². The van der Waals surface area contributed by atoms with Crippen LogP contribution in [0.25, 0.3) is 0 Å². The molecule has 2 N–H and O–H groups in total. The Kier molecular flexibility index (Phi) is 2.62. The van der Waals surface area contributed by atoms with Gasteiger partial charge in [0.25, 0.3) is 0 Å². The number of nitrogens with zero attached hydrogens (tertiary/aromatic N) is 1. The summed E-state index contributed by atoms with van der Waals surface area (Å²) in [4.78, 5) is 3.75. The number of pyridine rings is 1. The highest BCUT2D eigenvalue weighted by atomic mass is 32.2. The van der Waals surface area contributed by atoms with E-state index < -0.39 is 10.0 Å². The van der Waals surface area contributed by atoms with Gasteiger partial charge in [-0.05, 0) is 18.8 Å². The lowest BCUT2D eigenvalue weighted by molar-refractivity contribution is 0.298. The molecule has 0 saturated heterocycles. The molecule has 5 nitrogen and oxygen atoms in total. The predicted molar refractivity (Wildman–Crippen MR) is 53.8 cm³/mol. The predicted octanol–water partition coefficient (Wildman–Crippen LogP) is 0.518. The van der Waals surface area contributed by atoms with E-state index in [0.717, 1.165) is 0 Å². The highest BCUT2D eigenvalue weighted by Gasteiger charge is 2.22. The summed E-state index contributed by atoms with van der Waals surface area (Å²) in [6.45, 7) is 0.621. The van der Waals surface area contributed by atoms with E-state index in [1.54, 1.807) is 0 Å². The van der Waals surface area contributed by atoms with Crippen LogP contribution in [0.5, 0.6) is 5.75 Å². The number of ether oxygens (including phenoxy) is 1. The summed E-state index contributed by atoms with van der Waals surface area (Å²) in [7, 11) is -3.69. The van der Waals surface area contributed by atoms with Gasteiger partial charge in [0.05, 0.1) is 12.8 Å². The molecule has 1 aliphatic rings. The van der Waals surface area contributed by atoms with Gasteiger partial charge in [0.15, 0.2) is 0 Å². The zero-order valence-corrected chi connectivity index (χ0v) is 8.90. The lowest BCUT2D eigenvalue weighted by atomic mass is 10.4. The molecule has 6 heteroatoms. The standard InChI is InChI=1S/C9H12N2O3S/c10-15(12,13)9-3-8(4-11-5-9)14-6-7-1-2-7/h3-5,7H,1-2,6H2,(H2,10,12,13). The van der Waals surface area contributed by atoms with Crippen molar-refractivity contribution in [3.8, 4) is 5.75 Å². The number of rotatable bonds is 4. The smallest absolute Gasteiger partial charge is 0.239 e. The maximum absolute atomic E-state index is 11.0. The third-order valence-electron chi connectivity index (χ3n) is 2.20. The fourth-order valence-corrected chi connectivity index (χ4v) is 1.62. The summed E-state index contributed by atoms with van der Waals surface area (Å²) >= 11 is 0. The quantitative estimate of drug-likeness (QED) is 0.814. The molecule has 1 aliphatic carbocycles. The highest BCUT2D eigenvalue weighted by molar-refractivity contribution is 7.89. The van der Waals surface area contributed by atoms with Crippen molar-refractivity contribution in [2.45, 2.75) is 17.7 Å². The first-order valence-corrected chi connectivity index (χ1v) is 6.21. The lowest BCUT2D eigenvalue weighted by Gasteiger charge is -2.05. The van der Waals surface area contributed by atoms with Gasteiger partial charge < -0.3 is 4.74 Å². The molecule has 1 fully saturated rings. The molecular weight excluding hydrogens is 216 g/mol. The largest absolute Gasteiger partial charge is 0.492 e. The topological polar surface area (TPSA) is 82.3 Å². The maximum Gasteiger partial charge on any atom is 0.239 e. The molecule has 1 heterocycles. The molecule has 0 bridgehead atoms. The van der Waals surface area contributed by atoms with Crippen molar-refractivity contribution in [3.05, 3.63) is 18.5 Å². The number of aromatic nitrogens is 1.